The van der Waals surface area contributed by atoms with Crippen LogP contribution in [0, 0.1) is 0 Å². The van der Waals surface area contributed by atoms with Gasteiger partial charge in [-0.2, -0.15) is 0 Å². The van der Waals surface area contributed by atoms with Gasteiger partial charge in [-0.15, -0.1) is 11.8 Å². The van der Waals surface area contributed by atoms with Crippen molar-refractivity contribution in [3.8, 4) is 0 Å². The standard InChI is InChI=1S/C13H18N2O3S/c1-18-8-7-14-12(16)9-15-13(17)10-19-11-5-3-2-4-6-11/h2-6H,7-10H2,1H3,(H,14,16)(H,15,17). The van der Waals surface area contributed by atoms with Gasteiger partial charge in [-0.25, -0.2) is 0 Å². The number of hydrogen-bond acceptors (Lipinski definition) is 4. The van der Waals surface area contributed by atoms with Crippen LogP contribution >= 0.6 is 11.8 Å². The highest BCUT2D eigenvalue weighted by atomic mass is 32.2. The average molecular weight is 282 g/mol. The Morgan fingerprint density at radius 3 is 2.58 bits per heavy atom. The molecule has 2 amide bonds. The first kappa shape index (κ1) is 15.5. The SMILES string of the molecule is COCCNC(=O)CNC(=O)CSc1ccccc1. The molecular weight excluding hydrogens is 264 g/mol. The third-order valence-corrected chi connectivity index (χ3v) is 3.20. The summed E-state index contributed by atoms with van der Waals surface area (Å²) in [4.78, 5) is 23.9. The Morgan fingerprint density at radius 1 is 1.16 bits per heavy atom. The largest absolute Gasteiger partial charge is 0.383 e. The zero-order chi connectivity index (χ0) is 13.9. The van der Waals surface area contributed by atoms with E-state index in [0.717, 1.165) is 4.90 Å². The summed E-state index contributed by atoms with van der Waals surface area (Å²) in [5.74, 6) is -0.0686. The van der Waals surface area contributed by atoms with Gasteiger partial charge in [-0.05, 0) is 12.1 Å². The first-order valence-corrected chi connectivity index (χ1v) is 6.91. The second kappa shape index (κ2) is 9.41. The van der Waals surface area contributed by atoms with Crippen LogP contribution < -0.4 is 10.6 Å². The van der Waals surface area contributed by atoms with Crippen LogP contribution in [0.5, 0.6) is 0 Å². The Hall–Kier alpha value is -1.53. The molecule has 0 aliphatic carbocycles. The zero-order valence-electron chi connectivity index (χ0n) is 10.8. The van der Waals surface area contributed by atoms with Crippen LogP contribution in [-0.4, -0.2) is 44.4 Å². The van der Waals surface area contributed by atoms with E-state index in [1.807, 2.05) is 30.3 Å². The van der Waals surface area contributed by atoms with Crippen LogP contribution in [0.25, 0.3) is 0 Å². The zero-order valence-corrected chi connectivity index (χ0v) is 11.7. The maximum absolute atomic E-state index is 11.5. The van der Waals surface area contributed by atoms with Crippen molar-refractivity contribution in [2.75, 3.05) is 32.6 Å². The third-order valence-electron chi connectivity index (χ3n) is 2.19. The number of hydrogen-bond donors (Lipinski definition) is 2. The summed E-state index contributed by atoms with van der Waals surface area (Å²) >= 11 is 1.44. The summed E-state index contributed by atoms with van der Waals surface area (Å²) in [5.41, 5.74) is 0. The molecule has 1 rings (SSSR count). The van der Waals surface area contributed by atoms with Crippen molar-refractivity contribution >= 4 is 23.6 Å². The van der Waals surface area contributed by atoms with Crippen molar-refractivity contribution in [1.82, 2.24) is 10.6 Å². The van der Waals surface area contributed by atoms with Crippen LogP contribution in [0.1, 0.15) is 0 Å². The van der Waals surface area contributed by atoms with Crippen LogP contribution in [0.15, 0.2) is 35.2 Å². The first-order valence-electron chi connectivity index (χ1n) is 5.92. The van der Waals surface area contributed by atoms with Gasteiger partial charge in [-0.1, -0.05) is 18.2 Å². The summed E-state index contributed by atoms with van der Waals surface area (Å²) in [6.07, 6.45) is 0. The molecule has 0 fully saturated rings. The quantitative estimate of drug-likeness (QED) is 0.543. The van der Waals surface area contributed by atoms with Crippen molar-refractivity contribution in [3.05, 3.63) is 30.3 Å². The smallest absolute Gasteiger partial charge is 0.239 e. The summed E-state index contributed by atoms with van der Waals surface area (Å²) in [7, 11) is 1.56. The molecule has 0 heterocycles. The first-order chi connectivity index (χ1) is 9.22. The van der Waals surface area contributed by atoms with Gasteiger partial charge in [0.2, 0.25) is 11.8 Å². The Morgan fingerprint density at radius 2 is 1.89 bits per heavy atom. The molecule has 6 heteroatoms. The molecule has 0 spiro atoms. The van der Waals surface area contributed by atoms with Gasteiger partial charge in [0, 0.05) is 18.6 Å². The Labute approximate surface area is 117 Å². The second-order valence-electron chi connectivity index (χ2n) is 3.72. The molecule has 1 aromatic carbocycles. The molecule has 0 aliphatic rings. The second-order valence-corrected chi connectivity index (χ2v) is 4.77. The minimum Gasteiger partial charge on any atom is -0.383 e. The van der Waals surface area contributed by atoms with Gasteiger partial charge < -0.3 is 15.4 Å². The van der Waals surface area contributed by atoms with Crippen molar-refractivity contribution in [2.24, 2.45) is 0 Å². The lowest BCUT2D eigenvalue weighted by atomic mass is 10.4. The molecule has 0 aromatic heterocycles. The number of amides is 2. The van der Waals surface area contributed by atoms with E-state index in [-0.39, 0.29) is 18.4 Å². The van der Waals surface area contributed by atoms with Crippen LogP contribution in [-0.2, 0) is 14.3 Å². The summed E-state index contributed by atoms with van der Waals surface area (Å²) < 4.78 is 4.80. The molecule has 0 bridgehead atoms. The van der Waals surface area contributed by atoms with E-state index in [9.17, 15) is 9.59 Å². The minimum atomic E-state index is -0.213. The fourth-order valence-electron chi connectivity index (χ4n) is 1.25. The average Bonchev–Trinajstić information content (AvgIpc) is 2.44. The Bertz CT molecular complexity index is 398. The van der Waals surface area contributed by atoms with E-state index in [1.54, 1.807) is 7.11 Å². The number of carbonyl (C=O) groups excluding carboxylic acids is 2. The number of ether oxygens (including phenoxy) is 1. The summed E-state index contributed by atoms with van der Waals surface area (Å²) in [5, 5.41) is 5.19. The molecule has 0 saturated heterocycles. The highest BCUT2D eigenvalue weighted by Gasteiger charge is 2.05. The predicted molar refractivity (Wildman–Crippen MR) is 75.1 cm³/mol. The molecule has 19 heavy (non-hydrogen) atoms. The molecule has 104 valence electrons. The van der Waals surface area contributed by atoms with Gasteiger partial charge in [0.25, 0.3) is 0 Å². The summed E-state index contributed by atoms with van der Waals surface area (Å²) in [6, 6.07) is 9.65. The highest BCUT2D eigenvalue weighted by molar-refractivity contribution is 8.00. The van der Waals surface area contributed by atoms with Crippen LogP contribution in [0.2, 0.25) is 0 Å². The van der Waals surface area contributed by atoms with Crippen molar-refractivity contribution < 1.29 is 14.3 Å². The van der Waals surface area contributed by atoms with E-state index >= 15 is 0 Å². The lowest BCUT2D eigenvalue weighted by Crippen LogP contribution is -2.38. The third kappa shape index (κ3) is 7.48. The molecule has 0 unspecified atom stereocenters. The Kier molecular flexibility index (Phi) is 7.69. The normalized spacial score (nSPS) is 9.95. The number of rotatable bonds is 8. The highest BCUT2D eigenvalue weighted by Crippen LogP contribution is 2.15. The monoisotopic (exact) mass is 282 g/mol. The van der Waals surface area contributed by atoms with Gasteiger partial charge in [0.15, 0.2) is 0 Å². The summed E-state index contributed by atoms with van der Waals surface area (Å²) in [6.45, 7) is 0.908. The molecule has 2 N–H and O–H groups in total. The number of benzene rings is 1. The fourth-order valence-corrected chi connectivity index (χ4v) is 2.00. The van der Waals surface area contributed by atoms with E-state index < -0.39 is 0 Å². The molecule has 5 nitrogen and oxygen atoms in total. The number of methoxy groups -OCH3 is 1. The van der Waals surface area contributed by atoms with Gasteiger partial charge in [0.05, 0.1) is 18.9 Å². The lowest BCUT2D eigenvalue weighted by molar-refractivity contribution is -0.124. The molecular formula is C13H18N2O3S. The van der Waals surface area contributed by atoms with Gasteiger partial charge in [-0.3, -0.25) is 9.59 Å². The molecule has 1 aromatic rings. The van der Waals surface area contributed by atoms with Crippen LogP contribution in [0.4, 0.5) is 0 Å². The van der Waals surface area contributed by atoms with Crippen molar-refractivity contribution in [3.63, 3.8) is 0 Å². The predicted octanol–water partition coefficient (Wildman–Crippen LogP) is 0.658. The molecule has 0 aliphatic heterocycles. The van der Waals surface area contributed by atoms with E-state index in [1.165, 1.54) is 11.8 Å². The number of carbonyl (C=O) groups is 2. The van der Waals surface area contributed by atoms with Crippen molar-refractivity contribution in [1.29, 1.82) is 0 Å². The lowest BCUT2D eigenvalue weighted by Gasteiger charge is -2.06. The van der Waals surface area contributed by atoms with Gasteiger partial charge in [0.1, 0.15) is 0 Å². The van der Waals surface area contributed by atoms with Gasteiger partial charge >= 0.3 is 0 Å². The van der Waals surface area contributed by atoms with E-state index in [0.29, 0.717) is 18.9 Å². The Balaban J connectivity index is 2.12. The number of nitrogens with one attached hydrogen (secondary N) is 2. The van der Waals surface area contributed by atoms with Crippen molar-refractivity contribution in [2.45, 2.75) is 4.90 Å². The fraction of sp³-hybridized carbons (Fsp3) is 0.385. The molecule has 0 radical (unpaired) electrons. The maximum atomic E-state index is 11.5. The van der Waals surface area contributed by atoms with E-state index in [4.69, 9.17) is 4.74 Å². The van der Waals surface area contributed by atoms with Crippen LogP contribution in [0.3, 0.4) is 0 Å². The topological polar surface area (TPSA) is 67.4 Å². The number of thioether (sulfide) groups is 1. The minimum absolute atomic E-state index is 0.00209. The van der Waals surface area contributed by atoms with E-state index in [2.05, 4.69) is 10.6 Å². The molecule has 0 saturated carbocycles. The molecule has 0 atom stereocenters. The maximum Gasteiger partial charge on any atom is 0.239 e.